The van der Waals surface area contributed by atoms with E-state index in [1.54, 1.807) is 0 Å². The Morgan fingerprint density at radius 2 is 1.76 bits per heavy atom. The van der Waals surface area contributed by atoms with Crippen molar-refractivity contribution in [1.29, 1.82) is 5.26 Å². The van der Waals surface area contributed by atoms with Crippen molar-refractivity contribution in [2.75, 3.05) is 6.54 Å². The summed E-state index contributed by atoms with van der Waals surface area (Å²) in [5.41, 5.74) is 2.35. The van der Waals surface area contributed by atoms with Crippen molar-refractivity contribution in [3.8, 4) is 6.07 Å². The predicted octanol–water partition coefficient (Wildman–Crippen LogP) is 4.60. The van der Waals surface area contributed by atoms with Gasteiger partial charge in [0.2, 0.25) is 0 Å². The first-order valence-electron chi connectivity index (χ1n) is 9.73. The molecule has 0 bridgehead atoms. The van der Waals surface area contributed by atoms with E-state index in [9.17, 15) is 4.79 Å². The summed E-state index contributed by atoms with van der Waals surface area (Å²) in [5.74, 6) is 0.0745. The van der Waals surface area contributed by atoms with Crippen LogP contribution in [0, 0.1) is 11.3 Å². The van der Waals surface area contributed by atoms with Gasteiger partial charge in [-0.2, -0.15) is 5.26 Å². The van der Waals surface area contributed by atoms with Crippen LogP contribution in [0.5, 0.6) is 0 Å². The lowest BCUT2D eigenvalue weighted by atomic mass is 9.83. The molecule has 1 heterocycles. The van der Waals surface area contributed by atoms with E-state index >= 15 is 0 Å². The van der Waals surface area contributed by atoms with Crippen molar-refractivity contribution in [1.82, 2.24) is 10.6 Å². The average molecular weight is 412 g/mol. The maximum absolute atomic E-state index is 12.1. The molecule has 5 nitrogen and oxygen atoms in total. The highest BCUT2D eigenvalue weighted by Crippen LogP contribution is 2.33. The van der Waals surface area contributed by atoms with Gasteiger partial charge < -0.3 is 15.4 Å². The van der Waals surface area contributed by atoms with Crippen molar-refractivity contribution in [2.24, 2.45) is 0 Å². The van der Waals surface area contributed by atoms with Crippen LogP contribution >= 0.6 is 11.6 Å². The third-order valence-electron chi connectivity index (χ3n) is 4.92. The first kappa shape index (κ1) is 21.2. The molecule has 2 N–H and O–H groups in total. The number of carbonyl (C=O) groups is 1. The fraction of sp³-hybridized carbons (Fsp3) is 0.391. The summed E-state index contributed by atoms with van der Waals surface area (Å²) in [5, 5.41) is 16.3. The van der Waals surface area contributed by atoms with Crippen LogP contribution < -0.4 is 10.6 Å². The fourth-order valence-corrected chi connectivity index (χ4v) is 3.82. The first-order valence-corrected chi connectivity index (χ1v) is 10.1. The Labute approximate surface area is 177 Å². The number of hydrogen-bond donors (Lipinski definition) is 2. The molecule has 1 unspecified atom stereocenters. The van der Waals surface area contributed by atoms with Gasteiger partial charge in [0.05, 0.1) is 11.6 Å². The van der Waals surface area contributed by atoms with Gasteiger partial charge >= 0.3 is 6.09 Å². The van der Waals surface area contributed by atoms with Gasteiger partial charge in [0, 0.05) is 29.6 Å². The minimum Gasteiger partial charge on any atom is -0.444 e. The molecule has 1 aliphatic heterocycles. The van der Waals surface area contributed by atoms with Gasteiger partial charge in [-0.1, -0.05) is 35.9 Å². The van der Waals surface area contributed by atoms with E-state index in [0.717, 1.165) is 17.5 Å². The summed E-state index contributed by atoms with van der Waals surface area (Å²) in [6.45, 7) is 6.22. The Bertz CT molecular complexity index is 882. The third kappa shape index (κ3) is 5.72. The van der Waals surface area contributed by atoms with E-state index in [0.29, 0.717) is 17.1 Å². The van der Waals surface area contributed by atoms with Gasteiger partial charge in [-0.3, -0.25) is 0 Å². The molecule has 0 aromatic heterocycles. The highest BCUT2D eigenvalue weighted by molar-refractivity contribution is 6.30. The zero-order valence-corrected chi connectivity index (χ0v) is 17.7. The molecule has 152 valence electrons. The van der Waals surface area contributed by atoms with Gasteiger partial charge in [-0.05, 0) is 62.6 Å². The monoisotopic (exact) mass is 411 g/mol. The molecular weight excluding hydrogens is 386 g/mol. The minimum atomic E-state index is -0.524. The molecule has 1 fully saturated rings. The van der Waals surface area contributed by atoms with E-state index in [-0.39, 0.29) is 18.0 Å². The molecule has 3 atom stereocenters. The van der Waals surface area contributed by atoms with E-state index < -0.39 is 11.7 Å². The molecule has 2 aromatic carbocycles. The van der Waals surface area contributed by atoms with Crippen LogP contribution in [0.25, 0.3) is 0 Å². The average Bonchev–Trinajstić information content (AvgIpc) is 3.10. The molecule has 2 aromatic rings. The number of amides is 1. The van der Waals surface area contributed by atoms with E-state index in [1.807, 2.05) is 69.3 Å². The molecule has 0 spiro atoms. The second kappa shape index (κ2) is 8.86. The van der Waals surface area contributed by atoms with Crippen LogP contribution in [-0.4, -0.2) is 30.3 Å². The molecule has 29 heavy (non-hydrogen) atoms. The number of benzene rings is 2. The van der Waals surface area contributed by atoms with Crippen molar-refractivity contribution in [2.45, 2.75) is 50.8 Å². The Kier molecular flexibility index (Phi) is 6.46. The number of nitriles is 1. The number of hydrogen-bond acceptors (Lipinski definition) is 4. The zero-order chi connectivity index (χ0) is 21.0. The lowest BCUT2D eigenvalue weighted by molar-refractivity contribution is 0.0508. The number of nitrogens with one attached hydrogen (secondary N) is 2. The van der Waals surface area contributed by atoms with Crippen molar-refractivity contribution in [3.63, 3.8) is 0 Å². The summed E-state index contributed by atoms with van der Waals surface area (Å²) < 4.78 is 5.38. The van der Waals surface area contributed by atoms with Gasteiger partial charge in [0.15, 0.2) is 0 Å². The van der Waals surface area contributed by atoms with Gasteiger partial charge in [0.1, 0.15) is 5.60 Å². The Balaban J connectivity index is 1.79. The van der Waals surface area contributed by atoms with Crippen molar-refractivity contribution in [3.05, 3.63) is 70.2 Å². The van der Waals surface area contributed by atoms with Crippen LogP contribution in [0.4, 0.5) is 4.79 Å². The lowest BCUT2D eigenvalue weighted by Crippen LogP contribution is -2.40. The predicted molar refractivity (Wildman–Crippen MR) is 114 cm³/mol. The molecule has 0 saturated carbocycles. The fourth-order valence-electron chi connectivity index (χ4n) is 3.70. The quantitative estimate of drug-likeness (QED) is 0.771. The first-order chi connectivity index (χ1) is 13.7. The second-order valence-electron chi connectivity index (χ2n) is 8.36. The molecule has 3 rings (SSSR count). The van der Waals surface area contributed by atoms with Crippen molar-refractivity contribution >= 4 is 17.7 Å². The Hall–Kier alpha value is -2.55. The van der Waals surface area contributed by atoms with E-state index in [4.69, 9.17) is 21.6 Å². The third-order valence-corrected chi connectivity index (χ3v) is 5.17. The maximum atomic E-state index is 12.1. The van der Waals surface area contributed by atoms with Crippen molar-refractivity contribution < 1.29 is 9.53 Å². The molecule has 0 aliphatic carbocycles. The Morgan fingerprint density at radius 3 is 2.31 bits per heavy atom. The molecule has 1 amide bonds. The summed E-state index contributed by atoms with van der Waals surface area (Å²) in [4.78, 5) is 12.1. The normalized spacial score (nSPS) is 20.0. The highest BCUT2D eigenvalue weighted by Gasteiger charge is 2.33. The molecular formula is C23H26ClN3O2. The number of ether oxygens (including phenoxy) is 1. The van der Waals surface area contributed by atoms with Crippen LogP contribution in [0.1, 0.15) is 49.8 Å². The molecule has 0 radical (unpaired) electrons. The number of carbonyl (C=O) groups excluding carboxylic acids is 1. The van der Waals surface area contributed by atoms with Gasteiger partial charge in [-0.15, -0.1) is 0 Å². The van der Waals surface area contributed by atoms with Gasteiger partial charge in [-0.25, -0.2) is 4.79 Å². The minimum absolute atomic E-state index is 0.0111. The number of halogens is 1. The number of rotatable bonds is 4. The highest BCUT2D eigenvalue weighted by atomic mass is 35.5. The molecule has 1 aliphatic rings. The summed E-state index contributed by atoms with van der Waals surface area (Å²) in [6, 6.07) is 17.8. The zero-order valence-electron chi connectivity index (χ0n) is 16.9. The van der Waals surface area contributed by atoms with Crippen LogP contribution in [-0.2, 0) is 4.74 Å². The van der Waals surface area contributed by atoms with Gasteiger partial charge in [0.25, 0.3) is 0 Å². The second-order valence-corrected chi connectivity index (χ2v) is 8.79. The Morgan fingerprint density at radius 1 is 1.17 bits per heavy atom. The number of alkyl carbamates (subject to hydrolysis) is 1. The maximum Gasteiger partial charge on any atom is 0.407 e. The van der Waals surface area contributed by atoms with E-state index in [2.05, 4.69) is 16.7 Å². The largest absolute Gasteiger partial charge is 0.444 e. The number of nitrogens with zero attached hydrogens (tertiary/aromatic N) is 1. The molecule has 6 heteroatoms. The SMILES string of the molecule is CC(C)(C)OC(=O)N[C@H]1CNC([C@H](c2ccc(Cl)cc2)c2ccc(C#N)cc2)C1. The summed E-state index contributed by atoms with van der Waals surface area (Å²) >= 11 is 6.08. The molecule has 1 saturated heterocycles. The smallest absolute Gasteiger partial charge is 0.407 e. The lowest BCUT2D eigenvalue weighted by Gasteiger charge is -2.25. The summed E-state index contributed by atoms with van der Waals surface area (Å²) in [6.07, 6.45) is 0.373. The standard InChI is InChI=1S/C23H26ClN3O2/c1-23(2,3)29-22(28)27-19-12-20(26-14-19)21(17-8-10-18(24)11-9-17)16-6-4-15(13-25)5-7-16/h4-11,19-21,26H,12,14H2,1-3H3,(H,27,28)/t19-,20?,21+/m1/s1. The van der Waals surface area contributed by atoms with E-state index in [1.165, 1.54) is 0 Å². The topological polar surface area (TPSA) is 74.2 Å². The van der Waals surface area contributed by atoms with Crippen LogP contribution in [0.3, 0.4) is 0 Å². The summed E-state index contributed by atoms with van der Waals surface area (Å²) in [7, 11) is 0. The van der Waals surface area contributed by atoms with Crippen LogP contribution in [0.15, 0.2) is 48.5 Å². The van der Waals surface area contributed by atoms with Crippen LogP contribution in [0.2, 0.25) is 5.02 Å².